The van der Waals surface area contributed by atoms with Crippen molar-refractivity contribution in [2.24, 2.45) is 0 Å². The Labute approximate surface area is 199 Å². The fraction of sp³-hybridized carbons (Fsp3) is 1.00. The molecule has 0 radical (unpaired) electrons. The zero-order valence-corrected chi connectivity index (χ0v) is 23.1. The minimum absolute atomic E-state index is 0.255. The van der Waals surface area contributed by atoms with E-state index in [1.54, 1.807) is 0 Å². The molecule has 0 aromatic rings. The predicted molar refractivity (Wildman–Crippen MR) is 125 cm³/mol. The van der Waals surface area contributed by atoms with E-state index in [9.17, 15) is 3.32 Å². The summed E-state index contributed by atoms with van der Waals surface area (Å²) in [5.41, 5.74) is 0. The van der Waals surface area contributed by atoms with Crippen LogP contribution in [-0.2, 0) is 45.0 Å². The van der Waals surface area contributed by atoms with Crippen LogP contribution in [0.1, 0.15) is 79.1 Å². The second-order valence-corrected chi connectivity index (χ2v) is 15.2. The maximum absolute atomic E-state index is 14.4. The van der Waals surface area contributed by atoms with Crippen LogP contribution in [0.25, 0.3) is 0 Å². The Kier molecular flexibility index (Phi) is 22.0. The van der Waals surface area contributed by atoms with Crippen LogP contribution in [0, 0.1) is 0 Å². The van der Waals surface area contributed by atoms with Gasteiger partial charge in [-0.2, -0.15) is 0 Å². The molecule has 0 spiro atoms. The summed E-state index contributed by atoms with van der Waals surface area (Å²) in [5.74, 6) is 0. The molecule has 0 aliphatic heterocycles. The molecule has 0 N–H and O–H groups in total. The third kappa shape index (κ3) is 17.7. The first kappa shape index (κ1) is 32.3. The molecular formula is C24H52O7Ti. The molecule has 0 fully saturated rings. The summed E-state index contributed by atoms with van der Waals surface area (Å²) in [5, 5.41) is 0. The first-order valence-electron chi connectivity index (χ1n) is 13.0. The molecule has 0 aliphatic rings. The zero-order valence-electron chi connectivity index (χ0n) is 21.5. The third-order valence-electron chi connectivity index (χ3n) is 5.33. The van der Waals surface area contributed by atoms with Crippen molar-refractivity contribution in [2.75, 3.05) is 66.1 Å². The molecule has 0 atom stereocenters. The molecule has 32 heavy (non-hydrogen) atoms. The summed E-state index contributed by atoms with van der Waals surface area (Å²) >= 11 is -5.04. The Hall–Kier alpha value is 0.274. The molecule has 0 amide bonds. The summed E-state index contributed by atoms with van der Waals surface area (Å²) in [7, 11) is 0. The van der Waals surface area contributed by atoms with E-state index in [0.717, 1.165) is 51.4 Å². The first-order valence-corrected chi connectivity index (χ1v) is 17.2. The second-order valence-electron chi connectivity index (χ2n) is 8.43. The zero-order chi connectivity index (χ0) is 23.8. The van der Waals surface area contributed by atoms with Crippen molar-refractivity contribution >= 4 is 0 Å². The topological polar surface area (TPSA) is 72.5 Å². The second kappa shape index (κ2) is 21.8. The molecular weight excluding hydrogens is 448 g/mol. The van der Waals surface area contributed by atoms with E-state index in [1.165, 1.54) is 0 Å². The third-order valence-corrected chi connectivity index (χ3v) is 11.6. The number of rotatable bonds is 26. The van der Waals surface area contributed by atoms with Gasteiger partial charge in [-0.3, -0.25) is 0 Å². The van der Waals surface area contributed by atoms with Gasteiger partial charge in [0.15, 0.2) is 0 Å². The molecule has 0 saturated heterocycles. The Morgan fingerprint density at radius 1 is 0.438 bits per heavy atom. The molecule has 0 rings (SSSR count). The van der Waals surface area contributed by atoms with Gasteiger partial charge >= 0.3 is 200 Å². The molecule has 0 heterocycles. The van der Waals surface area contributed by atoms with Gasteiger partial charge in [-0.1, -0.05) is 0 Å². The molecule has 0 aromatic carbocycles. The molecule has 0 aromatic heterocycles. The van der Waals surface area contributed by atoms with Crippen LogP contribution in [0.3, 0.4) is 0 Å². The van der Waals surface area contributed by atoms with Gasteiger partial charge in [-0.05, 0) is 0 Å². The molecule has 0 aliphatic carbocycles. The van der Waals surface area contributed by atoms with Crippen LogP contribution in [0.4, 0.5) is 0 Å². The van der Waals surface area contributed by atoms with Gasteiger partial charge in [0.25, 0.3) is 0 Å². The summed E-state index contributed by atoms with van der Waals surface area (Å²) in [6.45, 7) is 13.2. The van der Waals surface area contributed by atoms with Gasteiger partial charge in [0.2, 0.25) is 0 Å². The van der Waals surface area contributed by atoms with Crippen LogP contribution in [0.5, 0.6) is 0 Å². The van der Waals surface area contributed by atoms with Crippen molar-refractivity contribution in [2.45, 2.75) is 88.5 Å². The monoisotopic (exact) mass is 500 g/mol. The van der Waals surface area contributed by atoms with Crippen molar-refractivity contribution in [3.63, 3.8) is 0 Å². The van der Waals surface area contributed by atoms with E-state index in [-0.39, 0.29) is 22.7 Å². The summed E-state index contributed by atoms with van der Waals surface area (Å²) in [6.07, 6.45) is 8.28. The number of ether oxygens (including phenoxy) is 4. The van der Waals surface area contributed by atoms with E-state index in [2.05, 4.69) is 27.7 Å². The number of hydrogen-bond acceptors (Lipinski definition) is 7. The molecule has 0 saturated carbocycles. The van der Waals surface area contributed by atoms with E-state index < -0.39 is 16.1 Å². The minimum atomic E-state index is -5.04. The molecule has 0 unspecified atom stereocenters. The summed E-state index contributed by atoms with van der Waals surface area (Å²) in [6, 6.07) is 0. The van der Waals surface area contributed by atoms with Crippen molar-refractivity contribution in [1.82, 2.24) is 0 Å². The van der Waals surface area contributed by atoms with E-state index in [4.69, 9.17) is 25.6 Å². The van der Waals surface area contributed by atoms with Gasteiger partial charge in [0.1, 0.15) is 0 Å². The van der Waals surface area contributed by atoms with Crippen LogP contribution in [0.15, 0.2) is 0 Å². The fourth-order valence-electron chi connectivity index (χ4n) is 3.04. The summed E-state index contributed by atoms with van der Waals surface area (Å²) < 4.78 is 49.9. The Balaban J connectivity index is 5.00. The predicted octanol–water partition coefficient (Wildman–Crippen LogP) is 5.99. The average Bonchev–Trinajstić information content (AvgIpc) is 2.79. The van der Waals surface area contributed by atoms with Crippen molar-refractivity contribution in [1.29, 1.82) is 0 Å². The van der Waals surface area contributed by atoms with Crippen molar-refractivity contribution in [3.8, 4) is 0 Å². The van der Waals surface area contributed by atoms with Crippen LogP contribution in [0.2, 0.25) is 9.45 Å². The van der Waals surface area contributed by atoms with Gasteiger partial charge < -0.3 is 0 Å². The van der Waals surface area contributed by atoms with Gasteiger partial charge in [-0.25, -0.2) is 0 Å². The molecule has 0 bridgehead atoms. The Morgan fingerprint density at radius 2 is 0.750 bits per heavy atom. The van der Waals surface area contributed by atoms with Crippen molar-refractivity contribution in [3.05, 3.63) is 0 Å². The van der Waals surface area contributed by atoms with Gasteiger partial charge in [0, 0.05) is 0 Å². The molecule has 7 nitrogen and oxygen atoms in total. The van der Waals surface area contributed by atoms with Gasteiger partial charge in [0.05, 0.1) is 0 Å². The average molecular weight is 501 g/mol. The SMILES string of the molecule is CCCCOCC[O][Ti](=[O])([CH2]COCCCC)([CH2]COCCCC)[O]CCOCCCC. The number of unbranched alkanes of at least 4 members (excludes halogenated alkanes) is 4. The standard InChI is InChI=1S/2C6H13O2.2C6H13O.O.Ti/c2*1-2-3-5-8-6-4-7;2*1-3-5-6-7-4-2;;/h2*2-6H2,1H3;2*2-6H2,1H3;;/q2*-1;;;;+2. The van der Waals surface area contributed by atoms with Gasteiger partial charge in [-0.15, -0.1) is 0 Å². The van der Waals surface area contributed by atoms with Crippen LogP contribution >= 0.6 is 0 Å². The van der Waals surface area contributed by atoms with Crippen molar-refractivity contribution < 1.29 is 45.0 Å². The summed E-state index contributed by atoms with van der Waals surface area (Å²) in [4.78, 5) is 0. The van der Waals surface area contributed by atoms with E-state index in [0.29, 0.717) is 52.9 Å². The molecule has 8 heteroatoms. The van der Waals surface area contributed by atoms with E-state index >= 15 is 0 Å². The first-order chi connectivity index (χ1) is 15.5. The fourth-order valence-corrected chi connectivity index (χ4v) is 7.83. The number of hydrogen-bond donors (Lipinski definition) is 0. The van der Waals surface area contributed by atoms with Crippen LogP contribution < -0.4 is 0 Å². The maximum atomic E-state index is 14.4. The van der Waals surface area contributed by atoms with Crippen LogP contribution in [-0.4, -0.2) is 66.1 Å². The van der Waals surface area contributed by atoms with E-state index in [1.807, 2.05) is 0 Å². The molecule has 194 valence electrons. The Bertz CT molecular complexity index is 420. The normalized spacial score (nSPS) is 12.5. The quantitative estimate of drug-likeness (QED) is 0.107. The Morgan fingerprint density at radius 3 is 1.06 bits per heavy atom.